The molecular weight excluding hydrogens is 307 g/mol. The van der Waals surface area contributed by atoms with Gasteiger partial charge in [-0.05, 0) is 28.0 Å². The number of aliphatic hydroxyl groups is 1. The Morgan fingerprint density at radius 2 is 2.20 bits per heavy atom. The molecule has 0 radical (unpaired) electrons. The number of aliphatic hydroxyl groups excluding tert-OH is 1. The van der Waals surface area contributed by atoms with Crippen molar-refractivity contribution in [3.05, 3.63) is 26.4 Å². The largest absolute Gasteiger partial charge is 0.391 e. The molecule has 1 N–H and O–H groups in total. The van der Waals surface area contributed by atoms with Gasteiger partial charge >= 0.3 is 0 Å². The highest BCUT2D eigenvalue weighted by Gasteiger charge is 2.22. The fourth-order valence-corrected chi connectivity index (χ4v) is 1.48. The first kappa shape index (κ1) is 12.6. The summed E-state index contributed by atoms with van der Waals surface area (Å²) in [6.07, 6.45) is 2.41. The van der Waals surface area contributed by atoms with Gasteiger partial charge in [0.05, 0.1) is 22.5 Å². The predicted molar refractivity (Wildman–Crippen MR) is 66.7 cm³/mol. The van der Waals surface area contributed by atoms with Crippen LogP contribution in [-0.2, 0) is 6.54 Å². The highest BCUT2D eigenvalue weighted by Crippen LogP contribution is 2.19. The molecule has 0 amide bonds. The first-order valence-corrected chi connectivity index (χ1v) is 5.78. The zero-order valence-electron chi connectivity index (χ0n) is 9.07. The number of nitrogens with zero attached hydrogens (tertiary/aromatic N) is 2. The van der Waals surface area contributed by atoms with Crippen LogP contribution < -0.4 is 5.56 Å². The van der Waals surface area contributed by atoms with Gasteiger partial charge in [0.1, 0.15) is 0 Å². The van der Waals surface area contributed by atoms with Crippen molar-refractivity contribution in [2.24, 2.45) is 5.41 Å². The normalized spacial score (nSPS) is 13.9. The second-order valence-corrected chi connectivity index (χ2v) is 5.74. The summed E-state index contributed by atoms with van der Waals surface area (Å²) in [6.45, 7) is 6.09. The molecule has 0 bridgehead atoms. The van der Waals surface area contributed by atoms with Gasteiger partial charge in [-0.1, -0.05) is 20.8 Å². The van der Waals surface area contributed by atoms with Crippen LogP contribution in [0.25, 0.3) is 0 Å². The highest BCUT2D eigenvalue weighted by atomic mass is 127. The molecule has 0 aliphatic carbocycles. The molecule has 1 rings (SSSR count). The average Bonchev–Trinajstić information content (AvgIpc) is 2.11. The van der Waals surface area contributed by atoms with Gasteiger partial charge in [-0.3, -0.25) is 9.36 Å². The third kappa shape index (κ3) is 3.27. The number of hydrogen-bond acceptors (Lipinski definition) is 3. The fourth-order valence-electron chi connectivity index (χ4n) is 1.01. The van der Waals surface area contributed by atoms with E-state index in [4.69, 9.17) is 0 Å². The van der Waals surface area contributed by atoms with Crippen LogP contribution in [-0.4, -0.2) is 20.8 Å². The minimum absolute atomic E-state index is 0.103. The van der Waals surface area contributed by atoms with Crippen LogP contribution in [0.2, 0.25) is 0 Å². The summed E-state index contributed by atoms with van der Waals surface area (Å²) in [6, 6.07) is 0. The lowest BCUT2D eigenvalue weighted by atomic mass is 9.89. The van der Waals surface area contributed by atoms with Crippen LogP contribution in [0.1, 0.15) is 20.8 Å². The topological polar surface area (TPSA) is 55.1 Å². The van der Waals surface area contributed by atoms with Crippen LogP contribution in [0.15, 0.2) is 17.3 Å². The summed E-state index contributed by atoms with van der Waals surface area (Å²) < 4.78 is 2.01. The monoisotopic (exact) mass is 322 g/mol. The first-order chi connectivity index (χ1) is 6.82. The molecule has 1 aromatic heterocycles. The van der Waals surface area contributed by atoms with E-state index in [0.29, 0.717) is 3.57 Å². The Balaban J connectivity index is 2.91. The Bertz CT molecular complexity index is 395. The molecule has 0 aromatic carbocycles. The van der Waals surface area contributed by atoms with Crippen molar-refractivity contribution in [3.8, 4) is 0 Å². The van der Waals surface area contributed by atoms with Crippen molar-refractivity contribution < 1.29 is 5.11 Å². The molecular formula is C10H15IN2O2. The number of aromatic nitrogens is 2. The quantitative estimate of drug-likeness (QED) is 0.834. The van der Waals surface area contributed by atoms with Gasteiger partial charge in [-0.2, -0.15) is 0 Å². The molecule has 15 heavy (non-hydrogen) atoms. The standard InChI is InChI=1S/C10H15IN2O2/c1-10(2,3)8(14)5-13-6-12-4-7(11)9(13)15/h4,6,8,14H,5H2,1-3H3. The van der Waals surface area contributed by atoms with Crippen molar-refractivity contribution in [2.75, 3.05) is 0 Å². The minimum Gasteiger partial charge on any atom is -0.391 e. The smallest absolute Gasteiger partial charge is 0.266 e. The lowest BCUT2D eigenvalue weighted by Crippen LogP contribution is -2.35. The number of rotatable bonds is 2. The Morgan fingerprint density at radius 1 is 1.60 bits per heavy atom. The first-order valence-electron chi connectivity index (χ1n) is 4.70. The van der Waals surface area contributed by atoms with Crippen LogP contribution in [0, 0.1) is 8.99 Å². The van der Waals surface area contributed by atoms with Crippen LogP contribution in [0.5, 0.6) is 0 Å². The van der Waals surface area contributed by atoms with Crippen LogP contribution in [0.4, 0.5) is 0 Å². The van der Waals surface area contributed by atoms with Crippen molar-refractivity contribution in [3.63, 3.8) is 0 Å². The molecule has 0 saturated heterocycles. The third-order valence-electron chi connectivity index (χ3n) is 2.23. The van der Waals surface area contributed by atoms with Gasteiger partial charge in [0.15, 0.2) is 0 Å². The Hall–Kier alpha value is -0.430. The van der Waals surface area contributed by atoms with Gasteiger partial charge in [0.2, 0.25) is 0 Å². The van der Waals surface area contributed by atoms with E-state index in [1.807, 2.05) is 43.4 Å². The number of halogens is 1. The van der Waals surface area contributed by atoms with Gasteiger partial charge in [-0.25, -0.2) is 4.98 Å². The van der Waals surface area contributed by atoms with E-state index in [1.165, 1.54) is 17.1 Å². The Kier molecular flexibility index (Phi) is 3.88. The molecule has 1 atom stereocenters. The fraction of sp³-hybridized carbons (Fsp3) is 0.600. The second-order valence-electron chi connectivity index (χ2n) is 4.58. The number of hydrogen-bond donors (Lipinski definition) is 1. The van der Waals surface area contributed by atoms with Crippen molar-refractivity contribution in [2.45, 2.75) is 33.4 Å². The molecule has 0 aliphatic heterocycles. The molecule has 0 spiro atoms. The van der Waals surface area contributed by atoms with Gasteiger partial charge in [-0.15, -0.1) is 0 Å². The summed E-state index contributed by atoms with van der Waals surface area (Å²) in [5.41, 5.74) is -0.338. The summed E-state index contributed by atoms with van der Waals surface area (Å²) in [5.74, 6) is 0. The molecule has 1 unspecified atom stereocenters. The van der Waals surface area contributed by atoms with E-state index in [2.05, 4.69) is 4.98 Å². The summed E-state index contributed by atoms with van der Waals surface area (Å²) in [4.78, 5) is 15.6. The molecule has 0 saturated carbocycles. The molecule has 84 valence electrons. The Morgan fingerprint density at radius 3 is 2.73 bits per heavy atom. The highest BCUT2D eigenvalue weighted by molar-refractivity contribution is 14.1. The predicted octanol–water partition coefficient (Wildman–Crippen LogP) is 1.25. The average molecular weight is 322 g/mol. The lowest BCUT2D eigenvalue weighted by molar-refractivity contribution is 0.0469. The summed E-state index contributed by atoms with van der Waals surface area (Å²) >= 11 is 1.94. The van der Waals surface area contributed by atoms with Crippen LogP contribution in [0.3, 0.4) is 0 Å². The molecule has 5 heteroatoms. The Labute approximate surface area is 102 Å². The van der Waals surface area contributed by atoms with E-state index in [0.717, 1.165) is 0 Å². The molecule has 0 fully saturated rings. The third-order valence-corrected chi connectivity index (χ3v) is 2.97. The maximum Gasteiger partial charge on any atom is 0.266 e. The molecule has 0 aliphatic rings. The van der Waals surface area contributed by atoms with Gasteiger partial charge < -0.3 is 5.11 Å². The SMILES string of the molecule is CC(C)(C)C(O)Cn1cncc(I)c1=O. The summed E-state index contributed by atoms with van der Waals surface area (Å²) in [7, 11) is 0. The zero-order chi connectivity index (χ0) is 11.6. The minimum atomic E-state index is -0.560. The zero-order valence-corrected chi connectivity index (χ0v) is 11.2. The summed E-state index contributed by atoms with van der Waals surface area (Å²) in [5, 5.41) is 9.86. The van der Waals surface area contributed by atoms with Crippen molar-refractivity contribution in [1.82, 2.24) is 9.55 Å². The van der Waals surface area contributed by atoms with Gasteiger partial charge in [0, 0.05) is 6.20 Å². The van der Waals surface area contributed by atoms with Crippen molar-refractivity contribution >= 4 is 22.6 Å². The van der Waals surface area contributed by atoms with E-state index >= 15 is 0 Å². The van der Waals surface area contributed by atoms with E-state index in [-0.39, 0.29) is 17.5 Å². The van der Waals surface area contributed by atoms with Crippen LogP contribution >= 0.6 is 22.6 Å². The molecule has 1 heterocycles. The molecule has 1 aromatic rings. The van der Waals surface area contributed by atoms with Crippen molar-refractivity contribution in [1.29, 1.82) is 0 Å². The van der Waals surface area contributed by atoms with E-state index in [9.17, 15) is 9.90 Å². The van der Waals surface area contributed by atoms with E-state index < -0.39 is 6.10 Å². The van der Waals surface area contributed by atoms with Gasteiger partial charge in [0.25, 0.3) is 5.56 Å². The maximum absolute atomic E-state index is 11.6. The van der Waals surface area contributed by atoms with E-state index in [1.54, 1.807) is 0 Å². The maximum atomic E-state index is 11.6. The lowest BCUT2D eigenvalue weighted by Gasteiger charge is -2.26. The molecule has 4 nitrogen and oxygen atoms in total. The second kappa shape index (κ2) is 4.61.